The number of hydrogen-bond acceptors (Lipinski definition) is 3. The molecule has 60 valence electrons. The van der Waals surface area contributed by atoms with Crippen molar-refractivity contribution in [2.75, 3.05) is 6.54 Å². The van der Waals surface area contributed by atoms with Crippen LogP contribution in [-0.4, -0.2) is 15.9 Å². The fourth-order valence-corrected chi connectivity index (χ4v) is 1.58. The van der Waals surface area contributed by atoms with E-state index in [4.69, 9.17) is 11.8 Å². The molecule has 0 aromatic heterocycles. The van der Waals surface area contributed by atoms with Crippen molar-refractivity contribution >= 4 is 27.7 Å². The maximum absolute atomic E-state index is 10.3. The normalized spacial score (nSPS) is 17.5. The van der Waals surface area contributed by atoms with Crippen LogP contribution < -0.4 is 0 Å². The summed E-state index contributed by atoms with van der Waals surface area (Å²) in [6.45, 7) is 0.354. The van der Waals surface area contributed by atoms with E-state index in [1.165, 1.54) is 0 Å². The summed E-state index contributed by atoms with van der Waals surface area (Å²) in [6, 6.07) is 0. The van der Waals surface area contributed by atoms with Gasteiger partial charge >= 0.3 is 5.82 Å². The van der Waals surface area contributed by atoms with Gasteiger partial charge in [0.2, 0.25) is 0 Å². The number of allylic oxidation sites excluding steroid dienone is 2. The van der Waals surface area contributed by atoms with E-state index in [0.29, 0.717) is 11.0 Å². The molecule has 0 bridgehead atoms. The van der Waals surface area contributed by atoms with Crippen molar-refractivity contribution in [3.05, 3.63) is 32.6 Å². The van der Waals surface area contributed by atoms with Gasteiger partial charge in [-0.3, -0.25) is 0 Å². The molecule has 1 aliphatic rings. The second kappa shape index (κ2) is 3.23. The van der Waals surface area contributed by atoms with Crippen molar-refractivity contribution < 1.29 is 4.92 Å². The van der Waals surface area contributed by atoms with Crippen molar-refractivity contribution in [2.24, 2.45) is 0 Å². The highest BCUT2D eigenvalue weighted by Crippen LogP contribution is 2.23. The van der Waals surface area contributed by atoms with Crippen molar-refractivity contribution in [1.29, 1.82) is 0 Å². The molecule has 0 atom stereocenters. The van der Waals surface area contributed by atoms with Crippen LogP contribution in [0.5, 0.6) is 0 Å². The average Bonchev–Trinajstić information content (AvgIpc) is 1.85. The lowest BCUT2D eigenvalue weighted by molar-refractivity contribution is -0.441. The van der Waals surface area contributed by atoms with Crippen LogP contribution in [0.3, 0.4) is 0 Å². The predicted octanol–water partition coefficient (Wildman–Crippen LogP) is 1.85. The molecule has 0 radical (unpaired) electrons. The summed E-state index contributed by atoms with van der Waals surface area (Å²) in [6.07, 6.45) is 3.33. The van der Waals surface area contributed by atoms with E-state index in [1.807, 2.05) is 0 Å². The Morgan fingerprint density at radius 3 is 2.82 bits per heavy atom. The van der Waals surface area contributed by atoms with E-state index < -0.39 is 4.92 Å². The third kappa shape index (κ3) is 1.72. The van der Waals surface area contributed by atoms with E-state index in [2.05, 4.69) is 15.9 Å². The standard InChI is InChI=1S/C5H4BrClN2O2/c6-4-2-1-3-8(7)5(4)9(10)11/h1-2H,3H2. The summed E-state index contributed by atoms with van der Waals surface area (Å²) in [5.41, 5.74) is 0. The minimum atomic E-state index is -0.527. The quantitative estimate of drug-likeness (QED) is 0.398. The highest BCUT2D eigenvalue weighted by atomic mass is 79.9. The molecule has 0 saturated carbocycles. The van der Waals surface area contributed by atoms with E-state index in [1.54, 1.807) is 12.2 Å². The molecule has 0 N–H and O–H groups in total. The van der Waals surface area contributed by atoms with E-state index in [0.717, 1.165) is 4.42 Å². The molecule has 11 heavy (non-hydrogen) atoms. The number of hydrogen-bond donors (Lipinski definition) is 0. The van der Waals surface area contributed by atoms with Crippen LogP contribution in [0.25, 0.3) is 0 Å². The summed E-state index contributed by atoms with van der Waals surface area (Å²) in [7, 11) is 0. The average molecular weight is 239 g/mol. The van der Waals surface area contributed by atoms with Crippen LogP contribution in [0.2, 0.25) is 0 Å². The molecule has 6 heteroatoms. The van der Waals surface area contributed by atoms with Crippen molar-refractivity contribution in [2.45, 2.75) is 0 Å². The van der Waals surface area contributed by atoms with E-state index in [9.17, 15) is 10.1 Å². The number of halogens is 2. The molecule has 0 fully saturated rings. The topological polar surface area (TPSA) is 46.4 Å². The zero-order valence-electron chi connectivity index (χ0n) is 5.33. The van der Waals surface area contributed by atoms with Crippen LogP contribution in [-0.2, 0) is 0 Å². The number of rotatable bonds is 1. The molecule has 0 aromatic rings. The molecule has 1 rings (SSSR count). The molecule has 0 spiro atoms. The minimum Gasteiger partial charge on any atom is -0.358 e. The molecule has 1 aliphatic heterocycles. The molecule has 0 saturated heterocycles. The summed E-state index contributed by atoms with van der Waals surface area (Å²) in [5, 5.41) is 10.3. The number of nitro groups is 1. The Labute approximate surface area is 76.5 Å². The van der Waals surface area contributed by atoms with Crippen LogP contribution in [0.15, 0.2) is 22.5 Å². The van der Waals surface area contributed by atoms with Gasteiger partial charge in [0, 0.05) is 0 Å². The molecular weight excluding hydrogens is 235 g/mol. The Morgan fingerprint density at radius 1 is 1.82 bits per heavy atom. The zero-order chi connectivity index (χ0) is 8.43. The monoisotopic (exact) mass is 238 g/mol. The Hall–Kier alpha value is -0.550. The lowest BCUT2D eigenvalue weighted by atomic mass is 10.4. The SMILES string of the molecule is O=[N+]([O-])C1=C(Br)C=CCN1Cl. The van der Waals surface area contributed by atoms with Gasteiger partial charge in [-0.25, -0.2) is 0 Å². The van der Waals surface area contributed by atoms with Gasteiger partial charge in [0.25, 0.3) is 0 Å². The van der Waals surface area contributed by atoms with Crippen LogP contribution in [0.4, 0.5) is 0 Å². The van der Waals surface area contributed by atoms with Gasteiger partial charge in [0.05, 0.1) is 0 Å². The Kier molecular flexibility index (Phi) is 2.51. The fraction of sp³-hybridized carbons (Fsp3) is 0.200. The Balaban J connectivity index is 3.01. The van der Waals surface area contributed by atoms with Gasteiger partial charge in [-0.15, -0.1) is 0 Å². The van der Waals surface area contributed by atoms with Crippen LogP contribution >= 0.6 is 27.7 Å². The molecule has 4 nitrogen and oxygen atoms in total. The highest BCUT2D eigenvalue weighted by molar-refractivity contribution is 9.11. The second-order valence-electron chi connectivity index (χ2n) is 1.88. The predicted molar refractivity (Wildman–Crippen MR) is 44.6 cm³/mol. The number of nitrogens with zero attached hydrogens (tertiary/aromatic N) is 2. The molecular formula is C5H4BrClN2O2. The minimum absolute atomic E-state index is 0.117. The first-order valence-corrected chi connectivity index (χ1v) is 3.90. The molecule has 0 amide bonds. The summed E-state index contributed by atoms with van der Waals surface area (Å²) in [4.78, 5) is 9.81. The first kappa shape index (κ1) is 8.55. The van der Waals surface area contributed by atoms with Gasteiger partial charge in [-0.2, -0.15) is 4.42 Å². The van der Waals surface area contributed by atoms with Crippen LogP contribution in [0.1, 0.15) is 0 Å². The van der Waals surface area contributed by atoms with Crippen molar-refractivity contribution in [3.8, 4) is 0 Å². The zero-order valence-corrected chi connectivity index (χ0v) is 7.67. The third-order valence-corrected chi connectivity index (χ3v) is 2.06. The van der Waals surface area contributed by atoms with E-state index in [-0.39, 0.29) is 5.82 Å². The first-order valence-electron chi connectivity index (χ1n) is 2.77. The van der Waals surface area contributed by atoms with Crippen molar-refractivity contribution in [1.82, 2.24) is 4.42 Å². The first-order chi connectivity index (χ1) is 5.13. The summed E-state index contributed by atoms with van der Waals surface area (Å²) < 4.78 is 1.44. The molecule has 0 aliphatic carbocycles. The maximum atomic E-state index is 10.3. The molecule has 1 heterocycles. The van der Waals surface area contributed by atoms with Gasteiger partial charge < -0.3 is 10.1 Å². The molecule has 0 unspecified atom stereocenters. The summed E-state index contributed by atoms with van der Waals surface area (Å²) in [5.74, 6) is -0.117. The van der Waals surface area contributed by atoms with Gasteiger partial charge in [0.1, 0.15) is 22.8 Å². The second-order valence-corrected chi connectivity index (χ2v) is 3.14. The van der Waals surface area contributed by atoms with Gasteiger partial charge in [-0.05, 0) is 33.0 Å². The van der Waals surface area contributed by atoms with E-state index >= 15 is 0 Å². The highest BCUT2D eigenvalue weighted by Gasteiger charge is 2.24. The van der Waals surface area contributed by atoms with Crippen LogP contribution in [0, 0.1) is 10.1 Å². The Morgan fingerprint density at radius 2 is 2.45 bits per heavy atom. The largest absolute Gasteiger partial charge is 0.358 e. The fourth-order valence-electron chi connectivity index (χ4n) is 0.701. The Bertz CT molecular complexity index is 251. The lowest BCUT2D eigenvalue weighted by Crippen LogP contribution is -2.21. The smallest absolute Gasteiger partial charge is 0.350 e. The third-order valence-electron chi connectivity index (χ3n) is 1.15. The molecule has 0 aromatic carbocycles. The van der Waals surface area contributed by atoms with Crippen molar-refractivity contribution in [3.63, 3.8) is 0 Å². The maximum Gasteiger partial charge on any atom is 0.350 e. The van der Waals surface area contributed by atoms with Gasteiger partial charge in [0.15, 0.2) is 0 Å². The summed E-state index contributed by atoms with van der Waals surface area (Å²) >= 11 is 8.55. The van der Waals surface area contributed by atoms with Gasteiger partial charge in [-0.1, -0.05) is 0 Å². The lowest BCUT2D eigenvalue weighted by Gasteiger charge is -2.11.